The molecule has 1 aliphatic rings. The van der Waals surface area contributed by atoms with Crippen LogP contribution in [0.1, 0.15) is 25.7 Å². The molecule has 3 nitrogen and oxygen atoms in total. The predicted octanol–water partition coefficient (Wildman–Crippen LogP) is 1.23. The van der Waals surface area contributed by atoms with Crippen molar-refractivity contribution in [2.45, 2.75) is 31.8 Å². The van der Waals surface area contributed by atoms with Crippen molar-refractivity contribution in [1.29, 1.82) is 0 Å². The maximum absolute atomic E-state index is 10.7. The van der Waals surface area contributed by atoms with E-state index in [-0.39, 0.29) is 12.1 Å². The van der Waals surface area contributed by atoms with Gasteiger partial charge in [-0.3, -0.25) is 4.79 Å². The van der Waals surface area contributed by atoms with Crippen LogP contribution in [-0.4, -0.2) is 18.4 Å². The zero-order valence-corrected chi connectivity index (χ0v) is 6.91. The molecule has 0 saturated carbocycles. The molecule has 0 spiro atoms. The first kappa shape index (κ1) is 8.97. The van der Waals surface area contributed by atoms with Gasteiger partial charge in [-0.25, -0.2) is 0 Å². The van der Waals surface area contributed by atoms with Gasteiger partial charge in [0.25, 0.3) is 0 Å². The molecule has 0 radical (unpaired) electrons. The van der Waals surface area contributed by atoms with Crippen LogP contribution in [-0.2, 0) is 14.3 Å². The van der Waals surface area contributed by atoms with E-state index in [2.05, 4.69) is 6.58 Å². The predicted molar refractivity (Wildman–Crippen MR) is 43.6 cm³/mol. The highest BCUT2D eigenvalue weighted by molar-refractivity contribution is 5.72. The summed E-state index contributed by atoms with van der Waals surface area (Å²) in [7, 11) is 0. The van der Waals surface area contributed by atoms with Crippen LogP contribution in [0.2, 0.25) is 0 Å². The molecule has 0 N–H and O–H groups in total. The second-order valence-electron chi connectivity index (χ2n) is 2.88. The number of aldehydes is 1. The Balaban J connectivity index is 2.32. The topological polar surface area (TPSA) is 43.4 Å². The molecule has 0 aromatic heterocycles. The quantitative estimate of drug-likeness (QED) is 0.360. The maximum Gasteiger partial charge on any atom is 0.306 e. The van der Waals surface area contributed by atoms with Gasteiger partial charge in [0, 0.05) is 12.8 Å². The number of hydrogen-bond acceptors (Lipinski definition) is 3. The highest BCUT2D eigenvalue weighted by atomic mass is 16.5. The minimum absolute atomic E-state index is 0.141. The van der Waals surface area contributed by atoms with Crippen LogP contribution in [0.4, 0.5) is 0 Å². The number of carbonyl (C=O) groups is 2. The van der Waals surface area contributed by atoms with Crippen molar-refractivity contribution in [3.05, 3.63) is 12.2 Å². The summed E-state index contributed by atoms with van der Waals surface area (Å²) in [5.41, 5.74) is 0.855. The third-order valence-corrected chi connectivity index (χ3v) is 1.92. The smallest absolute Gasteiger partial charge is 0.306 e. The summed E-state index contributed by atoms with van der Waals surface area (Å²) in [6, 6.07) is 0. The fraction of sp³-hybridized carbons (Fsp3) is 0.556. The Morgan fingerprint density at radius 1 is 1.75 bits per heavy atom. The highest BCUT2D eigenvalue weighted by Crippen LogP contribution is 2.22. The molecule has 3 heteroatoms. The Morgan fingerprint density at radius 3 is 3.00 bits per heavy atom. The van der Waals surface area contributed by atoms with Crippen molar-refractivity contribution in [3.63, 3.8) is 0 Å². The molecule has 0 amide bonds. The van der Waals surface area contributed by atoms with Crippen LogP contribution in [0, 0.1) is 0 Å². The first-order valence-electron chi connectivity index (χ1n) is 4.05. The van der Waals surface area contributed by atoms with E-state index in [1.807, 2.05) is 0 Å². The van der Waals surface area contributed by atoms with E-state index >= 15 is 0 Å². The van der Waals surface area contributed by atoms with Gasteiger partial charge in [0.05, 0.1) is 0 Å². The maximum atomic E-state index is 10.7. The van der Waals surface area contributed by atoms with E-state index in [0.29, 0.717) is 19.3 Å². The molecule has 66 valence electrons. The van der Waals surface area contributed by atoms with Crippen LogP contribution in [0.25, 0.3) is 0 Å². The van der Waals surface area contributed by atoms with Crippen molar-refractivity contribution in [2.24, 2.45) is 0 Å². The molecule has 1 aliphatic heterocycles. The Labute approximate surface area is 71.4 Å². The summed E-state index contributed by atoms with van der Waals surface area (Å²) >= 11 is 0. The third-order valence-electron chi connectivity index (χ3n) is 1.92. The second-order valence-corrected chi connectivity index (χ2v) is 2.88. The van der Waals surface area contributed by atoms with Gasteiger partial charge in [-0.2, -0.15) is 0 Å². The lowest BCUT2D eigenvalue weighted by Gasteiger charge is -2.10. The van der Waals surface area contributed by atoms with Gasteiger partial charge in [0.2, 0.25) is 0 Å². The summed E-state index contributed by atoms with van der Waals surface area (Å²) < 4.78 is 4.97. The van der Waals surface area contributed by atoms with Crippen LogP contribution in [0.5, 0.6) is 0 Å². The number of ether oxygens (including phenoxy) is 1. The van der Waals surface area contributed by atoms with Crippen molar-refractivity contribution in [2.75, 3.05) is 0 Å². The lowest BCUT2D eigenvalue weighted by atomic mass is 10.0. The monoisotopic (exact) mass is 168 g/mol. The number of hydrogen-bond donors (Lipinski definition) is 0. The van der Waals surface area contributed by atoms with Crippen molar-refractivity contribution in [1.82, 2.24) is 0 Å². The molecule has 0 bridgehead atoms. The first-order valence-corrected chi connectivity index (χ1v) is 4.05. The van der Waals surface area contributed by atoms with Crippen molar-refractivity contribution in [3.8, 4) is 0 Å². The lowest BCUT2D eigenvalue weighted by molar-refractivity contribution is -0.140. The molecular weight excluding hydrogens is 156 g/mol. The van der Waals surface area contributed by atoms with Crippen molar-refractivity contribution >= 4 is 12.3 Å². The summed E-state index contributed by atoms with van der Waals surface area (Å²) in [6.45, 7) is 3.77. The van der Waals surface area contributed by atoms with Gasteiger partial charge in [-0.05, 0) is 18.4 Å². The van der Waals surface area contributed by atoms with Gasteiger partial charge in [0.15, 0.2) is 0 Å². The van der Waals surface area contributed by atoms with E-state index in [1.165, 1.54) is 0 Å². The minimum atomic E-state index is -0.160. The molecular formula is C9H12O3. The Morgan fingerprint density at radius 2 is 2.50 bits per heavy atom. The third kappa shape index (κ3) is 2.19. The number of esters is 1. The Bertz CT molecular complexity index is 208. The largest absolute Gasteiger partial charge is 0.458 e. The van der Waals surface area contributed by atoms with E-state index in [1.54, 1.807) is 0 Å². The van der Waals surface area contributed by atoms with Gasteiger partial charge in [0.1, 0.15) is 12.4 Å². The zero-order valence-electron chi connectivity index (χ0n) is 6.91. The summed E-state index contributed by atoms with van der Waals surface area (Å²) in [4.78, 5) is 20.7. The molecule has 1 saturated heterocycles. The van der Waals surface area contributed by atoms with Crippen LogP contribution < -0.4 is 0 Å². The second kappa shape index (κ2) is 4.04. The van der Waals surface area contributed by atoms with E-state index < -0.39 is 0 Å². The highest BCUT2D eigenvalue weighted by Gasteiger charge is 2.24. The zero-order chi connectivity index (χ0) is 8.97. The minimum Gasteiger partial charge on any atom is -0.458 e. The molecule has 1 atom stereocenters. The van der Waals surface area contributed by atoms with Gasteiger partial charge >= 0.3 is 5.97 Å². The Hall–Kier alpha value is -1.12. The molecule has 1 unspecified atom stereocenters. The number of cyclic esters (lactones) is 1. The summed E-state index contributed by atoms with van der Waals surface area (Å²) in [5.74, 6) is -0.160. The molecule has 1 fully saturated rings. The fourth-order valence-corrected chi connectivity index (χ4v) is 1.22. The molecule has 0 aliphatic carbocycles. The molecule has 0 aromatic carbocycles. The normalized spacial score (nSPS) is 22.0. The van der Waals surface area contributed by atoms with Crippen LogP contribution in [0.3, 0.4) is 0 Å². The lowest BCUT2D eigenvalue weighted by Crippen LogP contribution is -2.09. The average molecular weight is 168 g/mol. The fourth-order valence-electron chi connectivity index (χ4n) is 1.22. The van der Waals surface area contributed by atoms with Crippen LogP contribution >= 0.6 is 0 Å². The van der Waals surface area contributed by atoms with E-state index in [0.717, 1.165) is 18.3 Å². The van der Waals surface area contributed by atoms with Gasteiger partial charge in [-0.1, -0.05) is 6.58 Å². The standard InChI is InChI=1S/C9H12O3/c1-7(3-2-6-10)8-4-5-9(11)12-8/h6,8H,1-5H2. The first-order chi connectivity index (χ1) is 5.74. The van der Waals surface area contributed by atoms with Gasteiger partial charge in [-0.15, -0.1) is 0 Å². The number of carbonyl (C=O) groups excluding carboxylic acids is 2. The summed E-state index contributed by atoms with van der Waals surface area (Å²) in [6.07, 6.45) is 3.00. The average Bonchev–Trinajstić information content (AvgIpc) is 2.47. The molecule has 1 heterocycles. The van der Waals surface area contributed by atoms with Crippen LogP contribution in [0.15, 0.2) is 12.2 Å². The molecule has 0 aromatic rings. The Kier molecular flexibility index (Phi) is 3.02. The van der Waals surface area contributed by atoms with Crippen molar-refractivity contribution < 1.29 is 14.3 Å². The molecule has 1 rings (SSSR count). The van der Waals surface area contributed by atoms with E-state index in [4.69, 9.17) is 4.74 Å². The van der Waals surface area contributed by atoms with E-state index in [9.17, 15) is 9.59 Å². The summed E-state index contributed by atoms with van der Waals surface area (Å²) in [5, 5.41) is 0. The van der Waals surface area contributed by atoms with Gasteiger partial charge < -0.3 is 9.53 Å². The number of rotatable bonds is 4. The molecule has 12 heavy (non-hydrogen) atoms. The SMILES string of the molecule is C=C(CCC=O)C1CCC(=O)O1.